The van der Waals surface area contributed by atoms with Gasteiger partial charge >= 0.3 is 5.97 Å². The predicted molar refractivity (Wildman–Crippen MR) is 109 cm³/mol. The summed E-state index contributed by atoms with van der Waals surface area (Å²) in [5.74, 6) is 0.932. The van der Waals surface area contributed by atoms with E-state index >= 15 is 0 Å². The summed E-state index contributed by atoms with van der Waals surface area (Å²) in [6.07, 6.45) is 0.0237. The molecule has 7 heteroatoms. The number of carbonyl (C=O) groups is 3. The van der Waals surface area contributed by atoms with E-state index in [-0.39, 0.29) is 22.9 Å². The maximum atomic E-state index is 12.5. The summed E-state index contributed by atoms with van der Waals surface area (Å²) in [6, 6.07) is 5.32. The van der Waals surface area contributed by atoms with Crippen molar-refractivity contribution >= 4 is 31.5 Å². The average Bonchev–Trinajstić information content (AvgIpc) is 2.52. The number of carbonyl (C=O) groups excluding carboxylic acids is 2. The Morgan fingerprint density at radius 1 is 1.19 bits per heavy atom. The van der Waals surface area contributed by atoms with Crippen LogP contribution in [0, 0.1) is 11.5 Å². The second-order valence-electron chi connectivity index (χ2n) is 7.97. The average molecular weight is 389 g/mol. The summed E-state index contributed by atoms with van der Waals surface area (Å²) in [5.41, 5.74) is 3.79. The van der Waals surface area contributed by atoms with E-state index in [0.29, 0.717) is 5.69 Å². The zero-order valence-electron chi connectivity index (χ0n) is 16.8. The Morgan fingerprint density at radius 2 is 1.78 bits per heavy atom. The first-order chi connectivity index (χ1) is 12.3. The van der Waals surface area contributed by atoms with Crippen LogP contribution in [0.1, 0.15) is 44.5 Å². The van der Waals surface area contributed by atoms with Crippen LogP contribution in [0.3, 0.4) is 0 Å². The molecule has 146 valence electrons. The van der Waals surface area contributed by atoms with Gasteiger partial charge in [0.05, 0.1) is 11.3 Å². The molecule has 0 saturated heterocycles. The van der Waals surface area contributed by atoms with E-state index in [1.807, 2.05) is 0 Å². The van der Waals surface area contributed by atoms with E-state index in [1.165, 1.54) is 13.0 Å². The fraction of sp³-hybridized carbons (Fsp3) is 0.450. The lowest BCUT2D eigenvalue weighted by Crippen LogP contribution is -2.41. The Morgan fingerprint density at radius 3 is 2.30 bits per heavy atom. The van der Waals surface area contributed by atoms with Gasteiger partial charge in [-0.1, -0.05) is 46.0 Å². The Balaban J connectivity index is 2.96. The van der Waals surface area contributed by atoms with Gasteiger partial charge in [-0.3, -0.25) is 9.59 Å². The first-order valence-corrected chi connectivity index (χ1v) is 11.8. The van der Waals surface area contributed by atoms with Gasteiger partial charge in [-0.25, -0.2) is 4.79 Å². The van der Waals surface area contributed by atoms with Crippen molar-refractivity contribution in [1.82, 2.24) is 5.32 Å². The number of para-hydroxylation sites is 1. The molecule has 1 aromatic rings. The second-order valence-corrected chi connectivity index (χ2v) is 13.0. The van der Waals surface area contributed by atoms with Crippen molar-refractivity contribution in [3.63, 3.8) is 0 Å². The third kappa shape index (κ3) is 6.57. The topological polar surface area (TPSA) is 95.5 Å². The number of anilines is 1. The molecule has 1 atom stereocenters. The summed E-state index contributed by atoms with van der Waals surface area (Å²) >= 11 is 0. The normalized spacial score (nSPS) is 12.4. The minimum absolute atomic E-state index is 0.0237. The van der Waals surface area contributed by atoms with Gasteiger partial charge in [0.1, 0.15) is 14.1 Å². The zero-order chi connectivity index (χ0) is 20.8. The molecule has 0 aromatic heterocycles. The summed E-state index contributed by atoms with van der Waals surface area (Å²) in [4.78, 5) is 35.3. The minimum atomic E-state index is -1.85. The van der Waals surface area contributed by atoms with Crippen molar-refractivity contribution in [3.05, 3.63) is 29.8 Å². The number of carboxylic acid groups (broad SMARTS) is 1. The highest BCUT2D eigenvalue weighted by atomic mass is 28.3. The SMILES string of the molecule is CC(=O)Nc1ccccc1C(=O)N[C@H](CC#C[Si](C)(C)C(C)(C)C)C(=O)O. The standard InChI is InChI=1S/C20H28N2O4Si/c1-14(23)21-16-11-8-7-10-15(16)18(24)22-17(19(25)26)12-9-13-27(5,6)20(2,3)4/h7-8,10-11,17H,12H2,1-6H3,(H,21,23)(H,22,24)(H,25,26)/t17-/m1/s1. The molecule has 0 radical (unpaired) electrons. The third-order valence-electron chi connectivity index (χ3n) is 4.67. The molecule has 0 spiro atoms. The molecule has 0 bridgehead atoms. The second kappa shape index (κ2) is 8.87. The van der Waals surface area contributed by atoms with Crippen molar-refractivity contribution in [2.75, 3.05) is 5.32 Å². The quantitative estimate of drug-likeness (QED) is 0.533. The zero-order valence-corrected chi connectivity index (χ0v) is 17.8. The molecule has 0 aliphatic carbocycles. The van der Waals surface area contributed by atoms with Crippen LogP contribution in [-0.2, 0) is 9.59 Å². The molecular formula is C20H28N2O4Si. The highest BCUT2D eigenvalue weighted by molar-refractivity contribution is 6.87. The number of hydrogen-bond donors (Lipinski definition) is 3. The van der Waals surface area contributed by atoms with Crippen molar-refractivity contribution in [2.24, 2.45) is 0 Å². The number of benzene rings is 1. The van der Waals surface area contributed by atoms with Gasteiger partial charge in [-0.15, -0.1) is 11.5 Å². The summed E-state index contributed by atoms with van der Waals surface area (Å²) in [7, 11) is -1.85. The van der Waals surface area contributed by atoms with Crippen LogP contribution in [0.25, 0.3) is 0 Å². The van der Waals surface area contributed by atoms with Crippen molar-refractivity contribution in [3.8, 4) is 11.5 Å². The Kier molecular flexibility index (Phi) is 7.37. The van der Waals surface area contributed by atoms with E-state index in [2.05, 4.69) is 56.0 Å². The van der Waals surface area contributed by atoms with Crippen molar-refractivity contribution < 1.29 is 19.5 Å². The van der Waals surface area contributed by atoms with Crippen LogP contribution in [0.4, 0.5) is 5.69 Å². The lowest BCUT2D eigenvalue weighted by molar-refractivity contribution is -0.139. The number of carboxylic acids is 1. The van der Waals surface area contributed by atoms with Gasteiger partial charge in [0, 0.05) is 13.3 Å². The Labute approximate surface area is 161 Å². The maximum Gasteiger partial charge on any atom is 0.327 e. The molecule has 27 heavy (non-hydrogen) atoms. The first kappa shape index (κ1) is 22.4. The number of amides is 2. The number of aliphatic carboxylic acids is 1. The van der Waals surface area contributed by atoms with Gasteiger partial charge in [0.2, 0.25) is 5.91 Å². The number of rotatable bonds is 5. The third-order valence-corrected chi connectivity index (χ3v) is 9.22. The minimum Gasteiger partial charge on any atom is -0.480 e. The molecule has 1 rings (SSSR count). The summed E-state index contributed by atoms with van der Waals surface area (Å²) in [6.45, 7) is 12.0. The fourth-order valence-electron chi connectivity index (χ4n) is 1.98. The van der Waals surface area contributed by atoms with E-state index in [9.17, 15) is 19.5 Å². The van der Waals surface area contributed by atoms with E-state index in [0.717, 1.165) is 0 Å². The largest absolute Gasteiger partial charge is 0.480 e. The van der Waals surface area contributed by atoms with Crippen molar-refractivity contribution in [2.45, 2.75) is 58.3 Å². The molecule has 0 heterocycles. The summed E-state index contributed by atoms with van der Waals surface area (Å²) in [5, 5.41) is 14.6. The fourth-order valence-corrected chi connectivity index (χ4v) is 2.90. The Bertz CT molecular complexity index is 785. The molecule has 0 fully saturated rings. The van der Waals surface area contributed by atoms with Gasteiger partial charge in [0.15, 0.2) is 0 Å². The van der Waals surface area contributed by atoms with E-state index in [1.54, 1.807) is 18.2 Å². The molecular weight excluding hydrogens is 360 g/mol. The molecule has 0 aliphatic rings. The highest BCUT2D eigenvalue weighted by Crippen LogP contribution is 2.35. The van der Waals surface area contributed by atoms with Crippen LogP contribution in [0.2, 0.25) is 18.1 Å². The van der Waals surface area contributed by atoms with Crippen LogP contribution >= 0.6 is 0 Å². The van der Waals surface area contributed by atoms with Crippen LogP contribution in [0.15, 0.2) is 24.3 Å². The van der Waals surface area contributed by atoms with Crippen LogP contribution in [0.5, 0.6) is 0 Å². The van der Waals surface area contributed by atoms with Gasteiger partial charge in [-0.05, 0) is 17.2 Å². The van der Waals surface area contributed by atoms with Gasteiger partial charge in [-0.2, -0.15) is 0 Å². The van der Waals surface area contributed by atoms with E-state index in [4.69, 9.17) is 0 Å². The van der Waals surface area contributed by atoms with Gasteiger partial charge < -0.3 is 15.7 Å². The molecule has 6 nitrogen and oxygen atoms in total. The lowest BCUT2D eigenvalue weighted by Gasteiger charge is -2.31. The maximum absolute atomic E-state index is 12.5. The van der Waals surface area contributed by atoms with Crippen LogP contribution < -0.4 is 10.6 Å². The highest BCUT2D eigenvalue weighted by Gasteiger charge is 2.33. The monoisotopic (exact) mass is 388 g/mol. The molecule has 1 aromatic carbocycles. The molecule has 0 unspecified atom stereocenters. The smallest absolute Gasteiger partial charge is 0.327 e. The van der Waals surface area contributed by atoms with Gasteiger partial charge in [0.25, 0.3) is 5.91 Å². The molecule has 3 N–H and O–H groups in total. The lowest BCUT2D eigenvalue weighted by atomic mass is 10.1. The molecule has 2 amide bonds. The molecule has 0 aliphatic heterocycles. The number of hydrogen-bond acceptors (Lipinski definition) is 3. The molecule has 0 saturated carbocycles. The Hall–Kier alpha value is -2.59. The predicted octanol–water partition coefficient (Wildman–Crippen LogP) is 3.27. The number of nitrogens with one attached hydrogen (secondary N) is 2. The first-order valence-electron chi connectivity index (χ1n) is 8.75. The van der Waals surface area contributed by atoms with E-state index < -0.39 is 26.0 Å². The van der Waals surface area contributed by atoms with Crippen LogP contribution in [-0.4, -0.2) is 37.0 Å². The summed E-state index contributed by atoms with van der Waals surface area (Å²) < 4.78 is 0. The van der Waals surface area contributed by atoms with Crippen molar-refractivity contribution in [1.29, 1.82) is 0 Å².